The van der Waals surface area contributed by atoms with E-state index < -0.39 is 0 Å². The standard InChI is InChI=1S/C15H25N3O/c1-10(2)9-18(11(3)4)15(19)13-8-17-12(5)7-14(13)16-6/h7-8,10-11H,9H2,1-6H3,(H,16,17). The molecule has 0 saturated heterocycles. The monoisotopic (exact) mass is 263 g/mol. The molecule has 4 nitrogen and oxygen atoms in total. The molecule has 0 aliphatic carbocycles. The van der Waals surface area contributed by atoms with Crippen LogP contribution in [-0.4, -0.2) is 35.4 Å². The van der Waals surface area contributed by atoms with Crippen molar-refractivity contribution >= 4 is 11.6 Å². The number of carbonyl (C=O) groups is 1. The van der Waals surface area contributed by atoms with E-state index in [1.807, 2.05) is 38.8 Å². The quantitative estimate of drug-likeness (QED) is 0.888. The summed E-state index contributed by atoms with van der Waals surface area (Å²) >= 11 is 0. The van der Waals surface area contributed by atoms with Gasteiger partial charge in [-0.25, -0.2) is 0 Å². The van der Waals surface area contributed by atoms with Crippen LogP contribution in [0.5, 0.6) is 0 Å². The van der Waals surface area contributed by atoms with Crippen LogP contribution in [0.3, 0.4) is 0 Å². The Morgan fingerprint density at radius 1 is 1.37 bits per heavy atom. The minimum atomic E-state index is 0.0422. The molecule has 0 saturated carbocycles. The molecule has 0 bridgehead atoms. The van der Waals surface area contributed by atoms with Crippen molar-refractivity contribution in [1.29, 1.82) is 0 Å². The summed E-state index contributed by atoms with van der Waals surface area (Å²) in [4.78, 5) is 18.8. The molecule has 1 rings (SSSR count). The maximum atomic E-state index is 12.7. The fraction of sp³-hybridized carbons (Fsp3) is 0.600. The largest absolute Gasteiger partial charge is 0.387 e. The van der Waals surface area contributed by atoms with Crippen LogP contribution in [0, 0.1) is 12.8 Å². The van der Waals surface area contributed by atoms with Gasteiger partial charge in [0.05, 0.1) is 11.3 Å². The van der Waals surface area contributed by atoms with Crippen LogP contribution < -0.4 is 5.32 Å². The van der Waals surface area contributed by atoms with E-state index in [1.165, 1.54) is 0 Å². The number of anilines is 1. The molecule has 0 radical (unpaired) electrons. The average Bonchev–Trinajstić information content (AvgIpc) is 2.34. The van der Waals surface area contributed by atoms with E-state index in [0.29, 0.717) is 11.5 Å². The first-order valence-corrected chi connectivity index (χ1v) is 6.82. The maximum absolute atomic E-state index is 12.7. The summed E-state index contributed by atoms with van der Waals surface area (Å²) in [6.07, 6.45) is 1.67. The Labute approximate surface area is 116 Å². The fourth-order valence-electron chi connectivity index (χ4n) is 2.01. The molecular formula is C15H25N3O. The number of hydrogen-bond acceptors (Lipinski definition) is 3. The molecule has 4 heteroatoms. The number of carbonyl (C=O) groups excluding carboxylic acids is 1. The topological polar surface area (TPSA) is 45.2 Å². The highest BCUT2D eigenvalue weighted by molar-refractivity contribution is 5.99. The van der Waals surface area contributed by atoms with Gasteiger partial charge in [0.2, 0.25) is 0 Å². The number of aromatic nitrogens is 1. The van der Waals surface area contributed by atoms with Gasteiger partial charge in [-0.2, -0.15) is 0 Å². The number of rotatable bonds is 5. The summed E-state index contributed by atoms with van der Waals surface area (Å²) in [6, 6.07) is 2.09. The lowest BCUT2D eigenvalue weighted by molar-refractivity contribution is 0.0682. The maximum Gasteiger partial charge on any atom is 0.257 e. The van der Waals surface area contributed by atoms with Gasteiger partial charge >= 0.3 is 0 Å². The Bertz CT molecular complexity index is 441. The second-order valence-corrected chi connectivity index (χ2v) is 5.57. The van der Waals surface area contributed by atoms with Crippen molar-refractivity contribution in [1.82, 2.24) is 9.88 Å². The number of nitrogens with one attached hydrogen (secondary N) is 1. The molecule has 0 fully saturated rings. The molecule has 0 aliphatic heterocycles. The molecule has 1 heterocycles. The zero-order valence-electron chi connectivity index (χ0n) is 12.8. The van der Waals surface area contributed by atoms with E-state index in [9.17, 15) is 4.79 Å². The van der Waals surface area contributed by atoms with Gasteiger partial charge in [0.1, 0.15) is 0 Å². The molecular weight excluding hydrogens is 238 g/mol. The first-order chi connectivity index (χ1) is 8.86. The SMILES string of the molecule is CNc1cc(C)ncc1C(=O)N(CC(C)C)C(C)C. The molecule has 1 N–H and O–H groups in total. The first-order valence-electron chi connectivity index (χ1n) is 6.82. The van der Waals surface area contributed by atoms with Gasteiger partial charge in [-0.3, -0.25) is 9.78 Å². The third-order valence-corrected chi connectivity index (χ3v) is 2.99. The summed E-state index contributed by atoms with van der Waals surface area (Å²) in [6.45, 7) is 11.0. The molecule has 0 aliphatic rings. The highest BCUT2D eigenvalue weighted by Crippen LogP contribution is 2.19. The minimum Gasteiger partial charge on any atom is -0.387 e. The number of nitrogens with zero attached hydrogens (tertiary/aromatic N) is 2. The number of amides is 1. The van der Waals surface area contributed by atoms with Gasteiger partial charge in [0.25, 0.3) is 5.91 Å². The van der Waals surface area contributed by atoms with Crippen LogP contribution in [0.1, 0.15) is 43.7 Å². The lowest BCUT2D eigenvalue weighted by Crippen LogP contribution is -2.39. The Balaban J connectivity index is 3.09. The number of aryl methyl sites for hydroxylation is 1. The normalized spacial score (nSPS) is 10.9. The van der Waals surface area contributed by atoms with E-state index in [-0.39, 0.29) is 11.9 Å². The summed E-state index contributed by atoms with van der Waals surface area (Å²) in [5.74, 6) is 0.489. The predicted octanol–water partition coefficient (Wildman–Crippen LogP) is 2.94. The third-order valence-electron chi connectivity index (χ3n) is 2.99. The molecule has 1 aromatic heterocycles. The molecule has 1 amide bonds. The van der Waals surface area contributed by atoms with Gasteiger partial charge in [0, 0.05) is 31.5 Å². The van der Waals surface area contributed by atoms with Gasteiger partial charge in [-0.05, 0) is 32.8 Å². The van der Waals surface area contributed by atoms with Crippen LogP contribution in [-0.2, 0) is 0 Å². The van der Waals surface area contributed by atoms with Gasteiger partial charge in [-0.15, -0.1) is 0 Å². The summed E-state index contributed by atoms with van der Waals surface area (Å²) in [5.41, 5.74) is 2.38. The van der Waals surface area contributed by atoms with Crippen molar-refractivity contribution in [2.45, 2.75) is 40.7 Å². The van der Waals surface area contributed by atoms with Crippen LogP contribution in [0.4, 0.5) is 5.69 Å². The molecule has 0 atom stereocenters. The fourth-order valence-corrected chi connectivity index (χ4v) is 2.01. The lowest BCUT2D eigenvalue weighted by atomic mass is 10.1. The molecule has 0 aromatic carbocycles. The zero-order chi connectivity index (χ0) is 14.6. The van der Waals surface area contributed by atoms with Crippen LogP contribution in [0.15, 0.2) is 12.3 Å². The second-order valence-electron chi connectivity index (χ2n) is 5.57. The minimum absolute atomic E-state index is 0.0422. The van der Waals surface area contributed by atoms with Crippen LogP contribution >= 0.6 is 0 Å². The van der Waals surface area contributed by atoms with Crippen molar-refractivity contribution in [3.8, 4) is 0 Å². The highest BCUT2D eigenvalue weighted by Gasteiger charge is 2.22. The lowest BCUT2D eigenvalue weighted by Gasteiger charge is -2.29. The summed E-state index contributed by atoms with van der Waals surface area (Å²) in [7, 11) is 1.83. The Hall–Kier alpha value is -1.58. The number of hydrogen-bond donors (Lipinski definition) is 1. The Morgan fingerprint density at radius 3 is 2.47 bits per heavy atom. The van der Waals surface area contributed by atoms with E-state index in [0.717, 1.165) is 17.9 Å². The van der Waals surface area contributed by atoms with E-state index in [4.69, 9.17) is 0 Å². The Morgan fingerprint density at radius 2 is 2.00 bits per heavy atom. The van der Waals surface area contributed by atoms with Gasteiger partial charge < -0.3 is 10.2 Å². The molecule has 1 aromatic rings. The van der Waals surface area contributed by atoms with E-state index in [2.05, 4.69) is 24.1 Å². The van der Waals surface area contributed by atoms with Crippen LogP contribution in [0.2, 0.25) is 0 Å². The van der Waals surface area contributed by atoms with Crippen molar-refractivity contribution in [2.75, 3.05) is 18.9 Å². The zero-order valence-corrected chi connectivity index (χ0v) is 12.8. The first kappa shape index (κ1) is 15.5. The second kappa shape index (κ2) is 6.55. The van der Waals surface area contributed by atoms with Gasteiger partial charge in [-0.1, -0.05) is 13.8 Å². The van der Waals surface area contributed by atoms with Gasteiger partial charge in [0.15, 0.2) is 0 Å². The number of pyridine rings is 1. The molecule has 0 spiro atoms. The van der Waals surface area contributed by atoms with Crippen molar-refractivity contribution < 1.29 is 4.79 Å². The average molecular weight is 263 g/mol. The molecule has 0 unspecified atom stereocenters. The highest BCUT2D eigenvalue weighted by atomic mass is 16.2. The third kappa shape index (κ3) is 3.94. The summed E-state index contributed by atoms with van der Waals surface area (Å²) < 4.78 is 0. The molecule has 19 heavy (non-hydrogen) atoms. The van der Waals surface area contributed by atoms with Crippen LogP contribution in [0.25, 0.3) is 0 Å². The van der Waals surface area contributed by atoms with Crippen molar-refractivity contribution in [3.05, 3.63) is 23.5 Å². The van der Waals surface area contributed by atoms with Crippen molar-refractivity contribution in [3.63, 3.8) is 0 Å². The van der Waals surface area contributed by atoms with E-state index >= 15 is 0 Å². The molecule has 106 valence electrons. The van der Waals surface area contributed by atoms with E-state index in [1.54, 1.807) is 6.20 Å². The van der Waals surface area contributed by atoms with Crippen molar-refractivity contribution in [2.24, 2.45) is 5.92 Å². The Kier molecular flexibility index (Phi) is 5.33. The smallest absolute Gasteiger partial charge is 0.257 e. The predicted molar refractivity (Wildman–Crippen MR) is 79.5 cm³/mol. The summed E-state index contributed by atoms with van der Waals surface area (Å²) in [5, 5.41) is 3.08.